The van der Waals surface area contributed by atoms with Crippen LogP contribution in [0.25, 0.3) is 10.9 Å². The molecule has 6 nitrogen and oxygen atoms in total. The smallest absolute Gasteiger partial charge is 0.256 e. The van der Waals surface area contributed by atoms with Crippen molar-refractivity contribution in [2.24, 2.45) is 0 Å². The number of carbonyl (C=O) groups excluding carboxylic acids is 2. The summed E-state index contributed by atoms with van der Waals surface area (Å²) in [7, 11) is 1.52. The fraction of sp³-hybridized carbons (Fsp3) is 0.304. The molecule has 1 saturated heterocycles. The van der Waals surface area contributed by atoms with Crippen molar-refractivity contribution in [2.45, 2.75) is 6.54 Å². The van der Waals surface area contributed by atoms with E-state index in [1.165, 1.54) is 12.7 Å². The Morgan fingerprint density at radius 1 is 0.897 bits per heavy atom. The van der Waals surface area contributed by atoms with E-state index in [0.717, 1.165) is 10.9 Å². The molecule has 2 amide bonds. The number of aromatic nitrogens is 1. The molecule has 0 unspecified atom stereocenters. The molecular formula is C23H25N3O3. The average molecular weight is 391 g/mol. The molecule has 1 fully saturated rings. The van der Waals surface area contributed by atoms with E-state index in [1.807, 2.05) is 47.5 Å². The molecule has 29 heavy (non-hydrogen) atoms. The highest BCUT2D eigenvalue weighted by Crippen LogP contribution is 2.24. The van der Waals surface area contributed by atoms with Crippen molar-refractivity contribution in [1.29, 1.82) is 0 Å². The number of hydrogen-bond donors (Lipinski definition) is 0. The first-order valence-electron chi connectivity index (χ1n) is 9.85. The van der Waals surface area contributed by atoms with Crippen LogP contribution in [-0.4, -0.2) is 66.1 Å². The van der Waals surface area contributed by atoms with Gasteiger partial charge in [0.25, 0.3) is 5.91 Å². The van der Waals surface area contributed by atoms with Crippen LogP contribution in [-0.2, 0) is 16.1 Å². The van der Waals surface area contributed by atoms with Crippen molar-refractivity contribution < 1.29 is 14.3 Å². The zero-order valence-electron chi connectivity index (χ0n) is 16.6. The highest BCUT2D eigenvalue weighted by Gasteiger charge is 2.26. The van der Waals surface area contributed by atoms with Crippen LogP contribution < -0.4 is 0 Å². The molecule has 0 bridgehead atoms. The average Bonchev–Trinajstić information content (AvgIpc) is 3.13. The molecular weight excluding hydrogens is 366 g/mol. The zero-order valence-corrected chi connectivity index (χ0v) is 16.6. The molecule has 0 spiro atoms. The predicted molar refractivity (Wildman–Crippen MR) is 112 cm³/mol. The van der Waals surface area contributed by atoms with Crippen LogP contribution in [0.2, 0.25) is 0 Å². The number of hydrogen-bond acceptors (Lipinski definition) is 3. The van der Waals surface area contributed by atoms with E-state index in [4.69, 9.17) is 4.74 Å². The van der Waals surface area contributed by atoms with E-state index in [9.17, 15) is 9.59 Å². The molecule has 0 aliphatic carbocycles. The summed E-state index contributed by atoms with van der Waals surface area (Å²) in [6.45, 7) is 2.95. The van der Waals surface area contributed by atoms with E-state index in [0.29, 0.717) is 38.3 Å². The molecule has 0 N–H and O–H groups in total. The number of piperazine rings is 1. The molecule has 0 atom stereocenters. The lowest BCUT2D eigenvalue weighted by Crippen LogP contribution is -2.51. The number of ether oxygens (including phenoxy) is 1. The van der Waals surface area contributed by atoms with Crippen molar-refractivity contribution >= 4 is 22.7 Å². The van der Waals surface area contributed by atoms with Gasteiger partial charge in [0.2, 0.25) is 5.91 Å². The number of nitrogens with zero attached hydrogens (tertiary/aromatic N) is 3. The summed E-state index contributed by atoms with van der Waals surface area (Å²) in [6, 6.07) is 18.3. The standard InChI is InChI=1S/C23H25N3O3/c1-29-17-22(27)24-11-13-25(14-12-24)23(28)20-16-26(15-18-7-3-2-4-8-18)21-10-6-5-9-19(20)21/h2-10,16H,11-15,17H2,1H3. The normalized spacial score (nSPS) is 14.4. The van der Waals surface area contributed by atoms with Crippen LogP contribution in [0.5, 0.6) is 0 Å². The third kappa shape index (κ3) is 4.03. The molecule has 6 heteroatoms. The van der Waals surface area contributed by atoms with Crippen molar-refractivity contribution in [2.75, 3.05) is 39.9 Å². The molecule has 1 aliphatic rings. The van der Waals surface area contributed by atoms with Gasteiger partial charge in [0.15, 0.2) is 0 Å². The second kappa shape index (κ2) is 8.49. The lowest BCUT2D eigenvalue weighted by atomic mass is 10.1. The van der Waals surface area contributed by atoms with E-state index >= 15 is 0 Å². The Morgan fingerprint density at radius 3 is 2.28 bits per heavy atom. The lowest BCUT2D eigenvalue weighted by molar-refractivity contribution is -0.136. The minimum absolute atomic E-state index is 0.0202. The van der Waals surface area contributed by atoms with Crippen LogP contribution >= 0.6 is 0 Å². The Labute approximate surface area is 170 Å². The number of carbonyl (C=O) groups is 2. The molecule has 2 heterocycles. The highest BCUT2D eigenvalue weighted by molar-refractivity contribution is 6.07. The molecule has 150 valence electrons. The Hall–Kier alpha value is -3.12. The third-order valence-electron chi connectivity index (χ3n) is 5.40. The van der Waals surface area contributed by atoms with Crippen LogP contribution in [0.3, 0.4) is 0 Å². The number of rotatable bonds is 5. The molecule has 1 aliphatic heterocycles. The number of para-hydroxylation sites is 1. The summed E-state index contributed by atoms with van der Waals surface area (Å²) < 4.78 is 7.06. The van der Waals surface area contributed by atoms with Crippen molar-refractivity contribution in [3.05, 3.63) is 71.9 Å². The second-order valence-corrected chi connectivity index (χ2v) is 7.28. The third-order valence-corrected chi connectivity index (χ3v) is 5.40. The van der Waals surface area contributed by atoms with Crippen molar-refractivity contribution in [3.8, 4) is 0 Å². The summed E-state index contributed by atoms with van der Waals surface area (Å²) in [6.07, 6.45) is 1.96. The summed E-state index contributed by atoms with van der Waals surface area (Å²) in [5.41, 5.74) is 2.96. The van der Waals surface area contributed by atoms with Crippen LogP contribution in [0.1, 0.15) is 15.9 Å². The minimum Gasteiger partial charge on any atom is -0.375 e. The fourth-order valence-electron chi connectivity index (χ4n) is 3.87. The van der Waals surface area contributed by atoms with Crippen LogP contribution in [0, 0.1) is 0 Å². The maximum atomic E-state index is 13.3. The van der Waals surface area contributed by atoms with Gasteiger partial charge in [-0.05, 0) is 11.6 Å². The monoisotopic (exact) mass is 391 g/mol. The van der Waals surface area contributed by atoms with Crippen LogP contribution in [0.15, 0.2) is 60.8 Å². The topological polar surface area (TPSA) is 54.8 Å². The second-order valence-electron chi connectivity index (χ2n) is 7.28. The van der Waals surface area contributed by atoms with Gasteiger partial charge >= 0.3 is 0 Å². The number of methoxy groups -OCH3 is 1. The van der Waals surface area contributed by atoms with Gasteiger partial charge < -0.3 is 19.1 Å². The Kier molecular flexibility index (Phi) is 5.62. The number of amides is 2. The molecule has 1 aromatic heterocycles. The summed E-state index contributed by atoms with van der Waals surface area (Å²) >= 11 is 0. The summed E-state index contributed by atoms with van der Waals surface area (Å²) in [5.74, 6) is -0.00841. The van der Waals surface area contributed by atoms with E-state index < -0.39 is 0 Å². The minimum atomic E-state index is -0.0286. The number of fused-ring (bicyclic) bond motifs is 1. The maximum Gasteiger partial charge on any atom is 0.256 e. The molecule has 4 rings (SSSR count). The van der Waals surface area contributed by atoms with Gasteiger partial charge in [0.05, 0.1) is 5.56 Å². The maximum absolute atomic E-state index is 13.3. The van der Waals surface area contributed by atoms with Gasteiger partial charge in [0.1, 0.15) is 6.61 Å². The molecule has 0 radical (unpaired) electrons. The predicted octanol–water partition coefficient (Wildman–Crippen LogP) is 2.62. The quantitative estimate of drug-likeness (QED) is 0.672. The van der Waals surface area contributed by atoms with Gasteiger partial charge in [-0.2, -0.15) is 0 Å². The van der Waals surface area contributed by atoms with Gasteiger partial charge in [-0.1, -0.05) is 48.5 Å². The van der Waals surface area contributed by atoms with Gasteiger partial charge in [-0.25, -0.2) is 0 Å². The number of benzene rings is 2. The summed E-state index contributed by atoms with van der Waals surface area (Å²) in [5, 5.41) is 0.964. The fourth-order valence-corrected chi connectivity index (χ4v) is 3.87. The van der Waals surface area contributed by atoms with Gasteiger partial charge in [0, 0.05) is 56.9 Å². The lowest BCUT2D eigenvalue weighted by Gasteiger charge is -2.34. The van der Waals surface area contributed by atoms with Crippen molar-refractivity contribution in [1.82, 2.24) is 14.4 Å². The Bertz CT molecular complexity index is 1000. The van der Waals surface area contributed by atoms with Gasteiger partial charge in [-0.15, -0.1) is 0 Å². The SMILES string of the molecule is COCC(=O)N1CCN(C(=O)c2cn(Cc3ccccc3)c3ccccc23)CC1. The Balaban J connectivity index is 1.55. The largest absolute Gasteiger partial charge is 0.375 e. The molecule has 2 aromatic carbocycles. The summed E-state index contributed by atoms with van der Waals surface area (Å²) in [4.78, 5) is 28.9. The van der Waals surface area contributed by atoms with E-state index in [-0.39, 0.29) is 18.4 Å². The van der Waals surface area contributed by atoms with Crippen LogP contribution in [0.4, 0.5) is 0 Å². The first-order chi connectivity index (χ1) is 14.2. The first-order valence-corrected chi connectivity index (χ1v) is 9.85. The van der Waals surface area contributed by atoms with Gasteiger partial charge in [-0.3, -0.25) is 9.59 Å². The van der Waals surface area contributed by atoms with Crippen molar-refractivity contribution in [3.63, 3.8) is 0 Å². The zero-order chi connectivity index (χ0) is 20.2. The highest BCUT2D eigenvalue weighted by atomic mass is 16.5. The first kappa shape index (κ1) is 19.2. The van der Waals surface area contributed by atoms with E-state index in [1.54, 1.807) is 4.90 Å². The molecule has 0 saturated carbocycles. The Morgan fingerprint density at radius 2 is 1.55 bits per heavy atom. The van der Waals surface area contributed by atoms with E-state index in [2.05, 4.69) is 22.8 Å². The molecule has 3 aromatic rings.